The molecule has 4 rings (SSSR count). The Morgan fingerprint density at radius 3 is 1.97 bits per heavy atom. The second-order valence-electron chi connectivity index (χ2n) is 8.65. The smallest absolute Gasteiger partial charge is 0.261 e. The van der Waals surface area contributed by atoms with Crippen LogP contribution in [0.25, 0.3) is 0 Å². The molecule has 196 valence electrons. The molecule has 1 aliphatic heterocycles. The summed E-state index contributed by atoms with van der Waals surface area (Å²) in [6, 6.07) is 16.4. The van der Waals surface area contributed by atoms with Crippen molar-refractivity contribution in [3.8, 4) is 0 Å². The van der Waals surface area contributed by atoms with Crippen LogP contribution < -0.4 is 10.0 Å². The Labute approximate surface area is 226 Å². The highest BCUT2D eigenvalue weighted by Crippen LogP contribution is 2.25. The van der Waals surface area contributed by atoms with Gasteiger partial charge in [0.05, 0.1) is 16.3 Å². The van der Waals surface area contributed by atoms with Gasteiger partial charge in [-0.15, -0.1) is 0 Å². The van der Waals surface area contributed by atoms with Gasteiger partial charge in [-0.3, -0.25) is 9.52 Å². The van der Waals surface area contributed by atoms with Crippen LogP contribution in [0.3, 0.4) is 0 Å². The van der Waals surface area contributed by atoms with Crippen LogP contribution in [0.4, 0.5) is 11.4 Å². The quantitative estimate of drug-likeness (QED) is 0.371. The van der Waals surface area contributed by atoms with Crippen molar-refractivity contribution in [2.75, 3.05) is 23.1 Å². The lowest BCUT2D eigenvalue weighted by Gasteiger charge is -2.25. The van der Waals surface area contributed by atoms with E-state index >= 15 is 0 Å². The minimum Gasteiger partial charge on any atom is -0.322 e. The highest BCUT2D eigenvalue weighted by molar-refractivity contribution is 7.92. The van der Waals surface area contributed by atoms with E-state index in [-0.39, 0.29) is 16.3 Å². The number of carbonyl (C=O) groups excluding carboxylic acids is 1. The minimum absolute atomic E-state index is 0.0131. The summed E-state index contributed by atoms with van der Waals surface area (Å²) < 4.78 is 54.6. The predicted molar refractivity (Wildman–Crippen MR) is 146 cm³/mol. The molecule has 1 heterocycles. The number of rotatable bonds is 8. The van der Waals surface area contributed by atoms with Crippen LogP contribution in [0.1, 0.15) is 35.2 Å². The number of hydrogen-bond donors (Lipinski definition) is 2. The highest BCUT2D eigenvalue weighted by Gasteiger charge is 2.24. The van der Waals surface area contributed by atoms with Gasteiger partial charge in [-0.25, -0.2) is 21.1 Å². The zero-order valence-electron chi connectivity index (χ0n) is 19.7. The summed E-state index contributed by atoms with van der Waals surface area (Å²) in [4.78, 5) is 12.6. The van der Waals surface area contributed by atoms with Crippen LogP contribution in [0, 0.1) is 0 Å². The van der Waals surface area contributed by atoms with Crippen molar-refractivity contribution in [2.24, 2.45) is 0 Å². The van der Waals surface area contributed by atoms with E-state index in [2.05, 4.69) is 10.0 Å². The third-order valence-corrected chi connectivity index (χ3v) is 9.49. The molecule has 1 saturated heterocycles. The second-order valence-corrected chi connectivity index (χ2v) is 13.2. The van der Waals surface area contributed by atoms with E-state index in [0.717, 1.165) is 19.3 Å². The molecule has 0 aromatic heterocycles. The number of halogens is 2. The number of piperidine rings is 1. The van der Waals surface area contributed by atoms with E-state index in [1.54, 1.807) is 24.3 Å². The Bertz CT molecular complexity index is 1470. The largest absolute Gasteiger partial charge is 0.322 e. The van der Waals surface area contributed by atoms with Gasteiger partial charge < -0.3 is 5.32 Å². The molecule has 12 heteroatoms. The van der Waals surface area contributed by atoms with E-state index in [1.165, 1.54) is 46.8 Å². The van der Waals surface area contributed by atoms with Crippen LogP contribution >= 0.6 is 23.2 Å². The summed E-state index contributed by atoms with van der Waals surface area (Å²) in [5, 5.41) is 3.29. The van der Waals surface area contributed by atoms with Crippen LogP contribution in [-0.2, 0) is 25.8 Å². The molecule has 0 atom stereocenters. The molecule has 1 amide bonds. The lowest BCUT2D eigenvalue weighted by Crippen LogP contribution is -2.36. The van der Waals surface area contributed by atoms with Crippen molar-refractivity contribution in [3.05, 3.63) is 87.9 Å². The van der Waals surface area contributed by atoms with E-state index < -0.39 is 26.0 Å². The molecule has 0 saturated carbocycles. The first-order chi connectivity index (χ1) is 17.5. The van der Waals surface area contributed by atoms with Gasteiger partial charge in [-0.1, -0.05) is 41.8 Å². The Kier molecular flexibility index (Phi) is 8.45. The maximum absolute atomic E-state index is 12.7. The number of amides is 1. The Hall–Kier alpha value is -2.63. The first-order valence-corrected chi connectivity index (χ1v) is 15.3. The lowest BCUT2D eigenvalue weighted by atomic mass is 10.1. The van der Waals surface area contributed by atoms with Gasteiger partial charge in [0.15, 0.2) is 0 Å². The fraction of sp³-hybridized carbons (Fsp3) is 0.240. The summed E-state index contributed by atoms with van der Waals surface area (Å²) in [6.45, 7) is 1.10. The Morgan fingerprint density at radius 2 is 1.38 bits per heavy atom. The second kappa shape index (κ2) is 11.4. The van der Waals surface area contributed by atoms with Crippen molar-refractivity contribution >= 4 is 60.5 Å². The van der Waals surface area contributed by atoms with Gasteiger partial charge in [-0.05, 0) is 73.0 Å². The van der Waals surface area contributed by atoms with Crippen molar-refractivity contribution in [2.45, 2.75) is 29.9 Å². The fourth-order valence-electron chi connectivity index (χ4n) is 3.94. The number of sulfonamides is 2. The monoisotopic (exact) mass is 581 g/mol. The van der Waals surface area contributed by atoms with Crippen molar-refractivity contribution in [3.63, 3.8) is 0 Å². The average Bonchev–Trinajstić information content (AvgIpc) is 2.84. The molecule has 0 bridgehead atoms. The molecule has 8 nitrogen and oxygen atoms in total. The van der Waals surface area contributed by atoms with Crippen LogP contribution in [-0.4, -0.2) is 40.1 Å². The number of carbonyl (C=O) groups is 1. The van der Waals surface area contributed by atoms with Gasteiger partial charge in [0.2, 0.25) is 10.0 Å². The van der Waals surface area contributed by atoms with E-state index in [9.17, 15) is 21.6 Å². The van der Waals surface area contributed by atoms with Gasteiger partial charge in [0.1, 0.15) is 0 Å². The van der Waals surface area contributed by atoms with Gasteiger partial charge >= 0.3 is 0 Å². The van der Waals surface area contributed by atoms with Gasteiger partial charge in [-0.2, -0.15) is 0 Å². The third kappa shape index (κ3) is 7.24. The summed E-state index contributed by atoms with van der Waals surface area (Å²) in [5.74, 6) is -0.520. The Balaban J connectivity index is 1.38. The van der Waals surface area contributed by atoms with Crippen molar-refractivity contribution in [1.82, 2.24) is 4.31 Å². The summed E-state index contributed by atoms with van der Waals surface area (Å²) in [5.41, 5.74) is 1.56. The number of hydrogen-bond acceptors (Lipinski definition) is 5. The summed E-state index contributed by atoms with van der Waals surface area (Å²) >= 11 is 11.9. The maximum Gasteiger partial charge on any atom is 0.261 e. The predicted octanol–water partition coefficient (Wildman–Crippen LogP) is 5.36. The molecular weight excluding hydrogens is 557 g/mol. The van der Waals surface area contributed by atoms with E-state index in [4.69, 9.17) is 23.2 Å². The first kappa shape index (κ1) is 27.4. The average molecular weight is 583 g/mol. The first-order valence-electron chi connectivity index (χ1n) is 11.5. The Morgan fingerprint density at radius 1 is 0.784 bits per heavy atom. The standard InChI is InChI=1S/C25H25Cl2N3O5S2/c26-20-14-21(27)16-23(15-20)29-37(34,35)24-10-8-22(9-11-24)28-25(31)19-6-4-18(5-7-19)17-36(32,33)30-12-2-1-3-13-30/h4-11,14-16,29H,1-3,12-13,17H2,(H,28,31). The van der Waals surface area contributed by atoms with E-state index in [1.807, 2.05) is 0 Å². The van der Waals surface area contributed by atoms with Crippen molar-refractivity contribution in [1.29, 1.82) is 0 Å². The van der Waals surface area contributed by atoms with Gasteiger partial charge in [0, 0.05) is 34.4 Å². The van der Waals surface area contributed by atoms with Crippen LogP contribution in [0.15, 0.2) is 71.6 Å². The number of nitrogens with zero attached hydrogens (tertiary/aromatic N) is 1. The third-order valence-electron chi connectivity index (χ3n) is 5.81. The zero-order chi connectivity index (χ0) is 26.6. The van der Waals surface area contributed by atoms with Gasteiger partial charge in [0.25, 0.3) is 15.9 Å². The molecule has 0 aliphatic carbocycles. The topological polar surface area (TPSA) is 113 Å². The van der Waals surface area contributed by atoms with Crippen LogP contribution in [0.2, 0.25) is 10.0 Å². The maximum atomic E-state index is 12.7. The highest BCUT2D eigenvalue weighted by atomic mass is 35.5. The zero-order valence-corrected chi connectivity index (χ0v) is 22.8. The van der Waals surface area contributed by atoms with Crippen LogP contribution in [0.5, 0.6) is 0 Å². The minimum atomic E-state index is -3.90. The SMILES string of the molecule is O=C(Nc1ccc(S(=O)(=O)Nc2cc(Cl)cc(Cl)c2)cc1)c1ccc(CS(=O)(=O)N2CCCCC2)cc1. The number of anilines is 2. The molecule has 0 spiro atoms. The molecule has 0 unspecified atom stereocenters. The molecule has 1 aliphatic rings. The molecule has 37 heavy (non-hydrogen) atoms. The fourth-order valence-corrected chi connectivity index (χ4v) is 7.12. The number of benzene rings is 3. The lowest BCUT2D eigenvalue weighted by molar-refractivity contribution is 0.102. The molecular formula is C25H25Cl2N3O5S2. The number of nitrogens with one attached hydrogen (secondary N) is 2. The summed E-state index contributed by atoms with van der Waals surface area (Å²) in [6.07, 6.45) is 2.79. The molecule has 1 fully saturated rings. The van der Waals surface area contributed by atoms with Crippen molar-refractivity contribution < 1.29 is 21.6 Å². The molecule has 2 N–H and O–H groups in total. The normalized spacial score (nSPS) is 14.8. The molecule has 3 aromatic carbocycles. The molecule has 3 aromatic rings. The molecule has 0 radical (unpaired) electrons. The summed E-state index contributed by atoms with van der Waals surface area (Å²) in [7, 11) is -7.30. The van der Waals surface area contributed by atoms with E-state index in [0.29, 0.717) is 39.9 Å².